The van der Waals surface area contributed by atoms with Gasteiger partial charge in [-0.1, -0.05) is 61.2 Å². The molecule has 0 amide bonds. The van der Waals surface area contributed by atoms with E-state index in [-0.39, 0.29) is 0 Å². The zero-order valence-corrected chi connectivity index (χ0v) is 29.1. The highest BCUT2D eigenvalue weighted by molar-refractivity contribution is 6.00. The number of hydrogen-bond donors (Lipinski definition) is 0. The summed E-state index contributed by atoms with van der Waals surface area (Å²) in [5, 5.41) is 2.16. The summed E-state index contributed by atoms with van der Waals surface area (Å²) >= 11 is 0. The Morgan fingerprint density at radius 2 is 1.55 bits per heavy atom. The Morgan fingerprint density at radius 3 is 2.31 bits per heavy atom. The largest absolute Gasteiger partial charge is 0.494 e. The van der Waals surface area contributed by atoms with E-state index in [0.29, 0.717) is 24.5 Å². The monoisotopic (exact) mass is 680 g/mol. The molecule has 1 spiro atoms. The quantitative estimate of drug-likeness (QED) is 0.0595. The SMILES string of the molecule is C=CC(=O)OCCCCCOc1ccc(-c2ccc(C(=O)Oc3ccc4c(c3)C(C)(C)C3(C=Nc5c(ccc6ccccc56)O3)N4C)cc2)cc1. The third-order valence-electron chi connectivity index (χ3n) is 9.88. The van der Waals surface area contributed by atoms with Crippen LogP contribution in [0.2, 0.25) is 0 Å². The van der Waals surface area contributed by atoms with Crippen LogP contribution in [-0.2, 0) is 14.9 Å². The lowest BCUT2D eigenvalue weighted by Crippen LogP contribution is -2.61. The number of nitrogens with zero attached hydrogens (tertiary/aromatic N) is 2. The summed E-state index contributed by atoms with van der Waals surface area (Å²) in [6, 6.07) is 33.2. The van der Waals surface area contributed by atoms with Crippen molar-refractivity contribution in [3.05, 3.63) is 127 Å². The zero-order chi connectivity index (χ0) is 35.6. The first kappa shape index (κ1) is 33.6. The van der Waals surface area contributed by atoms with Crippen LogP contribution in [0.25, 0.3) is 21.9 Å². The minimum atomic E-state index is -0.863. The Labute approximate surface area is 297 Å². The first-order valence-electron chi connectivity index (χ1n) is 17.2. The van der Waals surface area contributed by atoms with Crippen molar-refractivity contribution in [2.45, 2.75) is 44.2 Å². The van der Waals surface area contributed by atoms with Crippen LogP contribution in [0, 0.1) is 0 Å². The predicted octanol–water partition coefficient (Wildman–Crippen LogP) is 9.22. The van der Waals surface area contributed by atoms with Gasteiger partial charge in [-0.05, 0) is 104 Å². The second-order valence-corrected chi connectivity index (χ2v) is 13.3. The average Bonchev–Trinajstić information content (AvgIpc) is 3.31. The summed E-state index contributed by atoms with van der Waals surface area (Å²) < 4.78 is 23.6. The van der Waals surface area contributed by atoms with Crippen LogP contribution in [0.3, 0.4) is 0 Å². The van der Waals surface area contributed by atoms with Crippen molar-refractivity contribution in [1.82, 2.24) is 0 Å². The number of benzene rings is 5. The first-order chi connectivity index (χ1) is 24.7. The molecule has 2 aliphatic heterocycles. The van der Waals surface area contributed by atoms with Crippen LogP contribution in [0.1, 0.15) is 49.0 Å². The van der Waals surface area contributed by atoms with Gasteiger partial charge in [0.2, 0.25) is 5.72 Å². The van der Waals surface area contributed by atoms with Gasteiger partial charge in [-0.15, -0.1) is 0 Å². The molecule has 0 saturated heterocycles. The summed E-state index contributed by atoms with van der Waals surface area (Å²) in [5.74, 6) is 1.16. The summed E-state index contributed by atoms with van der Waals surface area (Å²) in [6.45, 7) is 8.62. The normalized spacial score (nSPS) is 16.6. The summed E-state index contributed by atoms with van der Waals surface area (Å²) in [6.07, 6.45) is 5.63. The number of carbonyl (C=O) groups excluding carboxylic acids is 2. The highest BCUT2D eigenvalue weighted by Crippen LogP contribution is 2.54. The van der Waals surface area contributed by atoms with Gasteiger partial charge < -0.3 is 23.8 Å². The van der Waals surface area contributed by atoms with Crippen LogP contribution >= 0.6 is 0 Å². The van der Waals surface area contributed by atoms with E-state index in [4.69, 9.17) is 23.9 Å². The van der Waals surface area contributed by atoms with E-state index in [0.717, 1.165) is 69.6 Å². The Bertz CT molecular complexity index is 2140. The number of fused-ring (bicyclic) bond motifs is 4. The lowest BCUT2D eigenvalue weighted by Gasteiger charge is -2.44. The Balaban J connectivity index is 0.978. The highest BCUT2D eigenvalue weighted by Gasteiger charge is 2.58. The zero-order valence-electron chi connectivity index (χ0n) is 29.1. The van der Waals surface area contributed by atoms with Gasteiger partial charge in [-0.3, -0.25) is 4.99 Å². The number of likely N-dealkylation sites (N-methyl/N-ethyl adjacent to an activating group) is 1. The molecule has 2 aliphatic rings. The lowest BCUT2D eigenvalue weighted by atomic mass is 9.77. The molecular formula is C43H40N2O6. The molecule has 0 N–H and O–H groups in total. The molecule has 1 unspecified atom stereocenters. The molecule has 5 aromatic carbocycles. The number of hydrogen-bond acceptors (Lipinski definition) is 8. The Kier molecular flexibility index (Phi) is 9.08. The maximum Gasteiger partial charge on any atom is 0.343 e. The number of anilines is 1. The number of unbranched alkanes of at least 4 members (excludes halogenated alkanes) is 2. The standard InChI is InChI=1S/C43H40N2O6/c1-5-39(46)49-26-10-6-9-25-48-33-20-17-30(18-21-33)29-13-15-32(16-14-29)41(47)50-34-22-23-37-36(27-34)42(2,3)43(45(37)4)28-44-40-35-12-8-7-11-31(35)19-24-38(40)51-43/h5,7-8,11-24,27-28H,1,6,9-10,25-26H2,2-4H3. The molecule has 0 bridgehead atoms. The minimum absolute atomic E-state index is 0.390. The van der Waals surface area contributed by atoms with Crippen LogP contribution < -0.4 is 19.1 Å². The number of esters is 2. The molecule has 7 rings (SSSR count). The summed E-state index contributed by atoms with van der Waals surface area (Å²) in [5.41, 5.74) is 3.86. The number of carbonyl (C=O) groups is 2. The smallest absolute Gasteiger partial charge is 0.343 e. The van der Waals surface area contributed by atoms with Crippen LogP contribution in [0.5, 0.6) is 17.2 Å². The van der Waals surface area contributed by atoms with Gasteiger partial charge in [-0.2, -0.15) is 0 Å². The van der Waals surface area contributed by atoms with E-state index in [1.165, 1.54) is 6.08 Å². The molecule has 8 heteroatoms. The van der Waals surface area contributed by atoms with Gasteiger partial charge in [0.15, 0.2) is 0 Å². The van der Waals surface area contributed by atoms with E-state index in [1.807, 2.05) is 86.1 Å². The van der Waals surface area contributed by atoms with E-state index >= 15 is 0 Å². The molecule has 1 atom stereocenters. The van der Waals surface area contributed by atoms with Crippen molar-refractivity contribution in [2.75, 3.05) is 25.2 Å². The van der Waals surface area contributed by atoms with Crippen molar-refractivity contribution in [2.24, 2.45) is 4.99 Å². The maximum absolute atomic E-state index is 13.3. The fourth-order valence-electron chi connectivity index (χ4n) is 6.91. The predicted molar refractivity (Wildman–Crippen MR) is 201 cm³/mol. The molecule has 0 radical (unpaired) electrons. The molecule has 2 heterocycles. The van der Waals surface area contributed by atoms with Crippen molar-refractivity contribution in [3.8, 4) is 28.4 Å². The fourth-order valence-corrected chi connectivity index (χ4v) is 6.91. The van der Waals surface area contributed by atoms with Crippen LogP contribution in [0.15, 0.2) is 121 Å². The van der Waals surface area contributed by atoms with Crippen molar-refractivity contribution in [1.29, 1.82) is 0 Å². The molecule has 0 aliphatic carbocycles. The average molecular weight is 681 g/mol. The molecule has 51 heavy (non-hydrogen) atoms. The van der Waals surface area contributed by atoms with Gasteiger partial charge in [0, 0.05) is 24.2 Å². The first-order valence-corrected chi connectivity index (χ1v) is 17.2. The third-order valence-corrected chi connectivity index (χ3v) is 9.88. The molecule has 0 aromatic heterocycles. The number of rotatable bonds is 11. The number of ether oxygens (including phenoxy) is 4. The van der Waals surface area contributed by atoms with E-state index in [2.05, 4.69) is 43.5 Å². The molecule has 0 saturated carbocycles. The van der Waals surface area contributed by atoms with Gasteiger partial charge >= 0.3 is 11.9 Å². The summed E-state index contributed by atoms with van der Waals surface area (Å²) in [7, 11) is 2.01. The van der Waals surface area contributed by atoms with Crippen LogP contribution in [0.4, 0.5) is 11.4 Å². The van der Waals surface area contributed by atoms with Crippen molar-refractivity contribution >= 4 is 40.3 Å². The molecule has 8 nitrogen and oxygen atoms in total. The lowest BCUT2D eigenvalue weighted by molar-refractivity contribution is -0.137. The molecule has 0 fully saturated rings. The summed E-state index contributed by atoms with van der Waals surface area (Å²) in [4.78, 5) is 31.4. The van der Waals surface area contributed by atoms with Crippen LogP contribution in [-0.4, -0.2) is 44.1 Å². The fraction of sp³-hybridized carbons (Fsp3) is 0.233. The second-order valence-electron chi connectivity index (χ2n) is 13.3. The maximum atomic E-state index is 13.3. The molecule has 258 valence electrons. The molecular weight excluding hydrogens is 640 g/mol. The van der Waals surface area contributed by atoms with E-state index in [1.54, 1.807) is 12.1 Å². The minimum Gasteiger partial charge on any atom is -0.494 e. The van der Waals surface area contributed by atoms with Gasteiger partial charge in [0.05, 0.1) is 30.4 Å². The Morgan fingerprint density at radius 1 is 0.843 bits per heavy atom. The van der Waals surface area contributed by atoms with Gasteiger partial charge in [0.25, 0.3) is 0 Å². The highest BCUT2D eigenvalue weighted by atomic mass is 16.5. The van der Waals surface area contributed by atoms with Crippen molar-refractivity contribution < 1.29 is 28.5 Å². The second kappa shape index (κ2) is 13.8. The molecule has 5 aromatic rings. The van der Waals surface area contributed by atoms with E-state index < -0.39 is 23.1 Å². The Hall–Kier alpha value is -5.89. The van der Waals surface area contributed by atoms with Gasteiger partial charge in [0.1, 0.15) is 22.9 Å². The van der Waals surface area contributed by atoms with E-state index in [9.17, 15) is 9.59 Å². The van der Waals surface area contributed by atoms with Gasteiger partial charge in [-0.25, -0.2) is 9.59 Å². The number of aliphatic imine (C=N–C) groups is 1. The third kappa shape index (κ3) is 6.34. The topological polar surface area (TPSA) is 86.7 Å². The van der Waals surface area contributed by atoms with Crippen molar-refractivity contribution in [3.63, 3.8) is 0 Å².